The maximum atomic E-state index is 5.77. The average molecular weight is 356 g/mol. The number of benzene rings is 2. The number of aromatic nitrogens is 1. The molecule has 0 bridgehead atoms. The van der Waals surface area contributed by atoms with Crippen LogP contribution in [0.15, 0.2) is 73.1 Å². The van der Waals surface area contributed by atoms with Crippen LogP contribution < -0.4 is 10.6 Å². The van der Waals surface area contributed by atoms with Gasteiger partial charge in [0.1, 0.15) is 0 Å². The van der Waals surface area contributed by atoms with E-state index in [1.807, 2.05) is 6.07 Å². The van der Waals surface area contributed by atoms with E-state index in [2.05, 4.69) is 76.8 Å². The van der Waals surface area contributed by atoms with Crippen molar-refractivity contribution in [2.24, 2.45) is 11.7 Å². The standard InChI is InChI=1S/C23H24N4/c24-15-17-12-21(13-17)27-11-10-26(16-27)20-8-6-19-7-9-22(25-23(19)14-20)18-4-2-1-3-5-18/h1-11,14,17,21H,12-13,15-16,24H2. The summed E-state index contributed by atoms with van der Waals surface area (Å²) in [7, 11) is 0. The molecule has 0 unspecified atom stereocenters. The van der Waals surface area contributed by atoms with Crippen molar-refractivity contribution in [3.8, 4) is 11.3 Å². The molecule has 27 heavy (non-hydrogen) atoms. The lowest BCUT2D eigenvalue weighted by Gasteiger charge is -2.41. The molecule has 3 aromatic rings. The van der Waals surface area contributed by atoms with Crippen LogP contribution in [-0.4, -0.2) is 29.1 Å². The summed E-state index contributed by atoms with van der Waals surface area (Å²) in [5.74, 6) is 0.707. The molecule has 1 fully saturated rings. The molecule has 2 N–H and O–H groups in total. The number of nitrogens with two attached hydrogens (primary N) is 1. The zero-order chi connectivity index (χ0) is 18.2. The minimum Gasteiger partial charge on any atom is -0.355 e. The lowest BCUT2D eigenvalue weighted by Crippen LogP contribution is -2.45. The molecule has 2 heterocycles. The number of pyridine rings is 1. The first-order chi connectivity index (χ1) is 13.3. The number of nitrogens with zero attached hydrogens (tertiary/aromatic N) is 3. The molecule has 0 amide bonds. The fraction of sp³-hybridized carbons (Fsp3) is 0.261. The Morgan fingerprint density at radius 3 is 2.59 bits per heavy atom. The van der Waals surface area contributed by atoms with Gasteiger partial charge < -0.3 is 15.5 Å². The van der Waals surface area contributed by atoms with Gasteiger partial charge in [-0.15, -0.1) is 0 Å². The molecule has 4 heteroatoms. The third kappa shape index (κ3) is 3.06. The monoisotopic (exact) mass is 356 g/mol. The quantitative estimate of drug-likeness (QED) is 0.761. The van der Waals surface area contributed by atoms with E-state index in [0.29, 0.717) is 12.0 Å². The molecule has 2 aliphatic rings. The molecule has 5 rings (SSSR count). The van der Waals surface area contributed by atoms with Crippen LogP contribution in [-0.2, 0) is 0 Å². The Bertz CT molecular complexity index is 976. The number of hydrogen-bond acceptors (Lipinski definition) is 4. The van der Waals surface area contributed by atoms with E-state index in [9.17, 15) is 0 Å². The molecule has 1 saturated carbocycles. The Morgan fingerprint density at radius 2 is 1.78 bits per heavy atom. The van der Waals surface area contributed by atoms with Crippen molar-refractivity contribution in [3.63, 3.8) is 0 Å². The van der Waals surface area contributed by atoms with E-state index in [4.69, 9.17) is 10.7 Å². The van der Waals surface area contributed by atoms with E-state index in [0.717, 1.165) is 30.0 Å². The highest BCUT2D eigenvalue weighted by molar-refractivity contribution is 5.85. The normalized spacial score (nSPS) is 21.7. The average Bonchev–Trinajstić information content (AvgIpc) is 3.17. The van der Waals surface area contributed by atoms with Gasteiger partial charge in [0, 0.05) is 35.1 Å². The van der Waals surface area contributed by atoms with Crippen LogP contribution in [0.5, 0.6) is 0 Å². The molecule has 1 aromatic heterocycles. The highest BCUT2D eigenvalue weighted by Crippen LogP contribution is 2.34. The molecule has 0 saturated heterocycles. The summed E-state index contributed by atoms with van der Waals surface area (Å²) in [6.07, 6.45) is 6.83. The molecule has 4 nitrogen and oxygen atoms in total. The van der Waals surface area contributed by atoms with Gasteiger partial charge in [-0.25, -0.2) is 4.98 Å². The van der Waals surface area contributed by atoms with Gasteiger partial charge in [0.15, 0.2) is 0 Å². The molecule has 2 aromatic carbocycles. The fourth-order valence-corrected chi connectivity index (χ4v) is 4.06. The van der Waals surface area contributed by atoms with Gasteiger partial charge in [-0.05, 0) is 43.5 Å². The Balaban J connectivity index is 1.37. The van der Waals surface area contributed by atoms with Crippen molar-refractivity contribution >= 4 is 16.6 Å². The fourth-order valence-electron chi connectivity index (χ4n) is 4.06. The Hall–Kier alpha value is -2.85. The summed E-state index contributed by atoms with van der Waals surface area (Å²) in [6, 6.07) is 21.8. The molecule has 1 aliphatic carbocycles. The molecule has 1 aliphatic heterocycles. The summed E-state index contributed by atoms with van der Waals surface area (Å²) < 4.78 is 0. The van der Waals surface area contributed by atoms with Gasteiger partial charge in [0.2, 0.25) is 0 Å². The molecule has 0 radical (unpaired) electrons. The summed E-state index contributed by atoms with van der Waals surface area (Å²) in [4.78, 5) is 9.63. The highest BCUT2D eigenvalue weighted by Gasteiger charge is 2.33. The van der Waals surface area contributed by atoms with E-state index in [1.165, 1.54) is 23.9 Å². The highest BCUT2D eigenvalue weighted by atomic mass is 15.4. The number of anilines is 1. The minimum absolute atomic E-state index is 0.642. The Morgan fingerprint density at radius 1 is 0.963 bits per heavy atom. The SMILES string of the molecule is NCC1CC(N2C=CN(c3ccc4ccc(-c5ccccc5)nc4c3)C2)C1. The Kier molecular flexibility index (Phi) is 4.06. The third-order valence-electron chi connectivity index (χ3n) is 5.84. The predicted molar refractivity (Wildman–Crippen MR) is 111 cm³/mol. The molecular formula is C23H24N4. The van der Waals surface area contributed by atoms with Crippen LogP contribution in [0, 0.1) is 5.92 Å². The summed E-state index contributed by atoms with van der Waals surface area (Å²) in [5.41, 5.74) is 10.2. The van der Waals surface area contributed by atoms with E-state index in [-0.39, 0.29) is 0 Å². The third-order valence-corrected chi connectivity index (χ3v) is 5.84. The van der Waals surface area contributed by atoms with Gasteiger partial charge in [0.25, 0.3) is 0 Å². The van der Waals surface area contributed by atoms with Gasteiger partial charge >= 0.3 is 0 Å². The second-order valence-corrected chi connectivity index (χ2v) is 7.59. The van der Waals surface area contributed by atoms with Gasteiger partial charge in [0.05, 0.1) is 17.9 Å². The largest absolute Gasteiger partial charge is 0.355 e. The lowest BCUT2D eigenvalue weighted by molar-refractivity contribution is 0.132. The minimum atomic E-state index is 0.642. The van der Waals surface area contributed by atoms with Crippen LogP contribution in [0.2, 0.25) is 0 Å². The number of rotatable bonds is 4. The van der Waals surface area contributed by atoms with E-state index < -0.39 is 0 Å². The Labute approximate surface area is 159 Å². The first-order valence-corrected chi connectivity index (χ1v) is 9.67. The van der Waals surface area contributed by atoms with Gasteiger partial charge in [-0.2, -0.15) is 0 Å². The smallest absolute Gasteiger partial charge is 0.0944 e. The molecule has 0 atom stereocenters. The van der Waals surface area contributed by atoms with E-state index >= 15 is 0 Å². The summed E-state index contributed by atoms with van der Waals surface area (Å²) >= 11 is 0. The van der Waals surface area contributed by atoms with Crippen molar-refractivity contribution in [1.82, 2.24) is 9.88 Å². The first kappa shape index (κ1) is 16.3. The van der Waals surface area contributed by atoms with Gasteiger partial charge in [-0.3, -0.25) is 0 Å². The molecule has 0 spiro atoms. The van der Waals surface area contributed by atoms with Crippen LogP contribution in [0.25, 0.3) is 22.2 Å². The second kappa shape index (κ2) is 6.71. The van der Waals surface area contributed by atoms with E-state index in [1.54, 1.807) is 0 Å². The second-order valence-electron chi connectivity index (χ2n) is 7.59. The van der Waals surface area contributed by atoms with Crippen LogP contribution in [0.1, 0.15) is 12.8 Å². The summed E-state index contributed by atoms with van der Waals surface area (Å²) in [5, 5.41) is 1.17. The lowest BCUT2D eigenvalue weighted by atomic mass is 9.80. The maximum absolute atomic E-state index is 5.77. The van der Waals surface area contributed by atoms with Gasteiger partial charge in [-0.1, -0.05) is 42.5 Å². The van der Waals surface area contributed by atoms with Crippen molar-refractivity contribution in [2.45, 2.75) is 18.9 Å². The van der Waals surface area contributed by atoms with Crippen molar-refractivity contribution < 1.29 is 0 Å². The van der Waals surface area contributed by atoms with Crippen LogP contribution in [0.3, 0.4) is 0 Å². The zero-order valence-corrected chi connectivity index (χ0v) is 15.3. The zero-order valence-electron chi connectivity index (χ0n) is 15.3. The van der Waals surface area contributed by atoms with Crippen molar-refractivity contribution in [2.75, 3.05) is 18.1 Å². The first-order valence-electron chi connectivity index (χ1n) is 9.67. The van der Waals surface area contributed by atoms with Crippen LogP contribution >= 0.6 is 0 Å². The predicted octanol–water partition coefficient (Wildman–Crippen LogP) is 4.19. The topological polar surface area (TPSA) is 45.4 Å². The van der Waals surface area contributed by atoms with Crippen molar-refractivity contribution in [3.05, 3.63) is 73.1 Å². The van der Waals surface area contributed by atoms with Crippen molar-refractivity contribution in [1.29, 1.82) is 0 Å². The maximum Gasteiger partial charge on any atom is 0.0944 e. The number of fused-ring (bicyclic) bond motifs is 1. The van der Waals surface area contributed by atoms with Crippen LogP contribution in [0.4, 0.5) is 5.69 Å². The number of hydrogen-bond donors (Lipinski definition) is 1. The molecule has 136 valence electrons. The summed E-state index contributed by atoms with van der Waals surface area (Å²) in [6.45, 7) is 1.73. The molecular weight excluding hydrogens is 332 g/mol.